The van der Waals surface area contributed by atoms with E-state index in [0.29, 0.717) is 5.92 Å². The second-order valence-corrected chi connectivity index (χ2v) is 6.51. The quantitative estimate of drug-likeness (QED) is 0.687. The van der Waals surface area contributed by atoms with Gasteiger partial charge in [0.05, 0.1) is 30.2 Å². The number of fused-ring (bicyclic) bond motifs is 1. The molecule has 1 aliphatic carbocycles. The summed E-state index contributed by atoms with van der Waals surface area (Å²) in [5, 5.41) is 0. The van der Waals surface area contributed by atoms with Crippen LogP contribution in [0.25, 0.3) is 0 Å². The zero-order valence-corrected chi connectivity index (χ0v) is 12.5. The summed E-state index contributed by atoms with van der Waals surface area (Å²) in [5.41, 5.74) is 3.07. The Hall–Kier alpha value is -1.42. The van der Waals surface area contributed by atoms with E-state index < -0.39 is 0 Å². The molecule has 2 heterocycles. The van der Waals surface area contributed by atoms with Gasteiger partial charge in [-0.3, -0.25) is 9.79 Å². The highest BCUT2D eigenvalue weighted by atomic mass is 16.5. The van der Waals surface area contributed by atoms with Crippen molar-refractivity contribution in [3.05, 3.63) is 23.4 Å². The second-order valence-electron chi connectivity index (χ2n) is 6.51. The van der Waals surface area contributed by atoms with Crippen molar-refractivity contribution in [2.75, 3.05) is 26.3 Å². The Balaban J connectivity index is 2.01. The summed E-state index contributed by atoms with van der Waals surface area (Å²) in [7, 11) is 0. The van der Waals surface area contributed by atoms with Crippen LogP contribution in [0.5, 0.6) is 0 Å². The van der Waals surface area contributed by atoms with Crippen molar-refractivity contribution in [1.82, 2.24) is 4.90 Å². The summed E-state index contributed by atoms with van der Waals surface area (Å²) >= 11 is 0. The molecule has 4 heteroatoms. The summed E-state index contributed by atoms with van der Waals surface area (Å²) in [6.45, 7) is 9.63. The molecule has 0 aromatic heterocycles. The molecule has 0 aromatic carbocycles. The third-order valence-electron chi connectivity index (χ3n) is 4.20. The van der Waals surface area contributed by atoms with Crippen molar-refractivity contribution in [1.29, 1.82) is 0 Å². The predicted octanol–water partition coefficient (Wildman–Crippen LogP) is 1.97. The molecule has 0 amide bonds. The first kappa shape index (κ1) is 13.6. The van der Waals surface area contributed by atoms with Gasteiger partial charge < -0.3 is 9.64 Å². The summed E-state index contributed by atoms with van der Waals surface area (Å²) in [4.78, 5) is 19.2. The Morgan fingerprint density at radius 3 is 2.70 bits per heavy atom. The highest BCUT2D eigenvalue weighted by molar-refractivity contribution is 6.23. The number of aliphatic imine (C=N–C) groups is 1. The van der Waals surface area contributed by atoms with E-state index >= 15 is 0 Å². The van der Waals surface area contributed by atoms with E-state index in [9.17, 15) is 4.79 Å². The number of carbonyl (C=O) groups is 1. The topological polar surface area (TPSA) is 41.9 Å². The van der Waals surface area contributed by atoms with Crippen molar-refractivity contribution >= 4 is 11.5 Å². The average molecular weight is 274 g/mol. The molecular weight excluding hydrogens is 252 g/mol. The van der Waals surface area contributed by atoms with Gasteiger partial charge >= 0.3 is 0 Å². The molecule has 3 aliphatic rings. The van der Waals surface area contributed by atoms with Crippen LogP contribution in [0.3, 0.4) is 0 Å². The van der Waals surface area contributed by atoms with Crippen LogP contribution in [0.15, 0.2) is 28.4 Å². The minimum atomic E-state index is -0.0577. The maximum absolute atomic E-state index is 12.0. The highest BCUT2D eigenvalue weighted by Crippen LogP contribution is 2.36. The van der Waals surface area contributed by atoms with Gasteiger partial charge in [-0.2, -0.15) is 0 Å². The first-order valence-electron chi connectivity index (χ1n) is 7.37. The number of hydrogen-bond acceptors (Lipinski definition) is 4. The zero-order chi connectivity index (χ0) is 14.3. The number of allylic oxidation sites excluding steroid dienone is 3. The largest absolute Gasteiger partial charge is 0.378 e. The molecule has 0 N–H and O–H groups in total. The maximum Gasteiger partial charge on any atom is 0.181 e. The van der Waals surface area contributed by atoms with E-state index in [1.54, 1.807) is 12.2 Å². The highest BCUT2D eigenvalue weighted by Gasteiger charge is 2.35. The van der Waals surface area contributed by atoms with E-state index in [1.807, 2.05) is 0 Å². The number of rotatable bonds is 1. The normalized spacial score (nSPS) is 29.4. The Bertz CT molecular complexity index is 523. The summed E-state index contributed by atoms with van der Waals surface area (Å²) < 4.78 is 5.41. The summed E-state index contributed by atoms with van der Waals surface area (Å²) in [5.74, 6) is 0.471. The van der Waals surface area contributed by atoms with Gasteiger partial charge in [-0.05, 0) is 37.8 Å². The first-order valence-corrected chi connectivity index (χ1v) is 7.37. The van der Waals surface area contributed by atoms with Crippen LogP contribution in [-0.2, 0) is 9.53 Å². The predicted molar refractivity (Wildman–Crippen MR) is 78.9 cm³/mol. The number of nitrogens with zero attached hydrogens (tertiary/aromatic N) is 2. The van der Waals surface area contributed by atoms with E-state index in [2.05, 4.69) is 25.7 Å². The molecule has 0 aromatic rings. The second kappa shape index (κ2) is 4.85. The molecule has 3 rings (SSSR count). The molecule has 4 nitrogen and oxygen atoms in total. The van der Waals surface area contributed by atoms with E-state index in [4.69, 9.17) is 9.73 Å². The monoisotopic (exact) mass is 274 g/mol. The molecule has 108 valence electrons. The van der Waals surface area contributed by atoms with Crippen molar-refractivity contribution in [2.24, 2.45) is 10.9 Å². The van der Waals surface area contributed by atoms with Gasteiger partial charge in [-0.25, -0.2) is 0 Å². The van der Waals surface area contributed by atoms with Gasteiger partial charge in [0.25, 0.3) is 0 Å². The van der Waals surface area contributed by atoms with Gasteiger partial charge in [-0.15, -0.1) is 0 Å². The maximum atomic E-state index is 12.0. The molecule has 1 atom stereocenters. The van der Waals surface area contributed by atoms with Crippen molar-refractivity contribution in [3.63, 3.8) is 0 Å². The molecule has 0 spiro atoms. The molecule has 0 saturated carbocycles. The Labute approximate surface area is 120 Å². The van der Waals surface area contributed by atoms with Crippen molar-refractivity contribution < 1.29 is 9.53 Å². The molecule has 20 heavy (non-hydrogen) atoms. The van der Waals surface area contributed by atoms with Crippen LogP contribution in [0.2, 0.25) is 0 Å². The van der Waals surface area contributed by atoms with Crippen LogP contribution in [0.4, 0.5) is 0 Å². The lowest BCUT2D eigenvalue weighted by atomic mass is 9.78. The standard InChI is InChI=1S/C16H22N2O2/c1-11-10-16(2,3)17-15-13(11)8-12(19)9-14(15)18-4-6-20-7-5-18/h8-9,11H,4-7,10H2,1-3H3. The minimum absolute atomic E-state index is 0.0577. The van der Waals surface area contributed by atoms with Crippen LogP contribution >= 0.6 is 0 Å². The number of carbonyl (C=O) groups excluding carboxylic acids is 1. The number of ketones is 1. The van der Waals surface area contributed by atoms with Crippen LogP contribution in [-0.4, -0.2) is 48.2 Å². The Kier molecular flexibility index (Phi) is 3.28. The Morgan fingerprint density at radius 1 is 1.30 bits per heavy atom. The van der Waals surface area contributed by atoms with Crippen LogP contribution in [0.1, 0.15) is 27.2 Å². The lowest BCUT2D eigenvalue weighted by molar-refractivity contribution is -0.110. The van der Waals surface area contributed by atoms with Gasteiger partial charge in [-0.1, -0.05) is 6.92 Å². The molecular formula is C16H22N2O2. The van der Waals surface area contributed by atoms with E-state index in [-0.39, 0.29) is 11.3 Å². The lowest BCUT2D eigenvalue weighted by Gasteiger charge is -2.39. The molecule has 1 fully saturated rings. The molecule has 1 saturated heterocycles. The Morgan fingerprint density at radius 2 is 2.00 bits per heavy atom. The fraction of sp³-hybridized carbons (Fsp3) is 0.625. The van der Waals surface area contributed by atoms with Crippen LogP contribution in [0, 0.1) is 5.92 Å². The molecule has 2 aliphatic heterocycles. The van der Waals surface area contributed by atoms with Crippen molar-refractivity contribution in [2.45, 2.75) is 32.7 Å². The zero-order valence-electron chi connectivity index (χ0n) is 12.5. The van der Waals surface area contributed by atoms with Crippen LogP contribution < -0.4 is 0 Å². The number of morpholine rings is 1. The third kappa shape index (κ3) is 2.44. The van der Waals surface area contributed by atoms with Gasteiger partial charge in [0.15, 0.2) is 5.78 Å². The fourth-order valence-corrected chi connectivity index (χ4v) is 3.36. The summed E-state index contributed by atoms with van der Waals surface area (Å²) in [6, 6.07) is 0. The molecule has 1 unspecified atom stereocenters. The van der Waals surface area contributed by atoms with E-state index in [1.165, 1.54) is 0 Å². The summed E-state index contributed by atoms with van der Waals surface area (Å²) in [6.07, 6.45) is 4.50. The first-order chi connectivity index (χ1) is 9.46. The van der Waals surface area contributed by atoms with Gasteiger partial charge in [0.1, 0.15) is 0 Å². The van der Waals surface area contributed by atoms with E-state index in [0.717, 1.165) is 49.7 Å². The number of hydrogen-bond donors (Lipinski definition) is 0. The van der Waals surface area contributed by atoms with Crippen molar-refractivity contribution in [3.8, 4) is 0 Å². The minimum Gasteiger partial charge on any atom is -0.378 e. The fourth-order valence-electron chi connectivity index (χ4n) is 3.36. The molecule has 0 radical (unpaired) electrons. The SMILES string of the molecule is CC1CC(C)(C)N=C2C1=CC(=O)C=C2N1CCOCC1. The van der Waals surface area contributed by atoms with Gasteiger partial charge in [0, 0.05) is 19.2 Å². The van der Waals surface area contributed by atoms with Gasteiger partial charge in [0.2, 0.25) is 0 Å². The average Bonchev–Trinajstić information content (AvgIpc) is 2.39. The lowest BCUT2D eigenvalue weighted by Crippen LogP contribution is -2.42. The smallest absolute Gasteiger partial charge is 0.181 e. The third-order valence-corrected chi connectivity index (χ3v) is 4.20. The number of ether oxygens (including phenoxy) is 1. The molecule has 0 bridgehead atoms.